The number of nitro groups is 1. The SMILES string of the molecule is COc1ccc(Cn2cc(-c3cnc4ccn(-c5cc([N+](=O)[O-])c(C)cc5C)n34)cn2)cc1. The Labute approximate surface area is 189 Å². The number of hydrogen-bond donors (Lipinski definition) is 0. The first-order valence-electron chi connectivity index (χ1n) is 10.4. The lowest BCUT2D eigenvalue weighted by Crippen LogP contribution is -2.06. The molecule has 33 heavy (non-hydrogen) atoms. The summed E-state index contributed by atoms with van der Waals surface area (Å²) < 4.78 is 10.9. The number of rotatable bonds is 6. The fourth-order valence-electron chi connectivity index (χ4n) is 4.06. The average molecular weight is 442 g/mol. The number of hydrogen-bond acceptors (Lipinski definition) is 5. The third-order valence-electron chi connectivity index (χ3n) is 5.74. The molecule has 0 amide bonds. The van der Waals surface area contributed by atoms with Gasteiger partial charge in [0.05, 0.1) is 42.4 Å². The van der Waals surface area contributed by atoms with Crippen molar-refractivity contribution in [3.63, 3.8) is 0 Å². The van der Waals surface area contributed by atoms with Crippen molar-refractivity contribution in [2.45, 2.75) is 20.4 Å². The molecule has 0 saturated heterocycles. The number of methoxy groups -OCH3 is 1. The summed E-state index contributed by atoms with van der Waals surface area (Å²) in [5.74, 6) is 0.814. The van der Waals surface area contributed by atoms with Crippen molar-refractivity contribution < 1.29 is 9.66 Å². The van der Waals surface area contributed by atoms with E-state index in [1.54, 1.807) is 32.5 Å². The number of aryl methyl sites for hydroxylation is 2. The minimum absolute atomic E-state index is 0.0893. The van der Waals surface area contributed by atoms with Gasteiger partial charge in [-0.2, -0.15) is 5.10 Å². The molecule has 0 aliphatic rings. The van der Waals surface area contributed by atoms with Crippen LogP contribution in [0.5, 0.6) is 5.75 Å². The van der Waals surface area contributed by atoms with Gasteiger partial charge in [0.15, 0.2) is 5.65 Å². The van der Waals surface area contributed by atoms with Gasteiger partial charge in [-0.25, -0.2) is 9.50 Å². The van der Waals surface area contributed by atoms with Crippen molar-refractivity contribution >= 4 is 11.3 Å². The Kier molecular flexibility index (Phi) is 4.93. The molecular weight excluding hydrogens is 420 g/mol. The van der Waals surface area contributed by atoms with Crippen LogP contribution in [0.4, 0.5) is 5.69 Å². The van der Waals surface area contributed by atoms with Gasteiger partial charge in [0, 0.05) is 35.7 Å². The second-order valence-corrected chi connectivity index (χ2v) is 7.93. The summed E-state index contributed by atoms with van der Waals surface area (Å²) in [5.41, 5.74) is 5.98. The van der Waals surface area contributed by atoms with Crippen molar-refractivity contribution in [1.82, 2.24) is 24.0 Å². The maximum Gasteiger partial charge on any atom is 0.274 e. The fourth-order valence-corrected chi connectivity index (χ4v) is 4.06. The second kappa shape index (κ2) is 7.94. The quantitative estimate of drug-likeness (QED) is 0.284. The van der Waals surface area contributed by atoms with Gasteiger partial charge in [-0.3, -0.25) is 19.5 Å². The summed E-state index contributed by atoms with van der Waals surface area (Å²) in [7, 11) is 1.65. The van der Waals surface area contributed by atoms with E-state index in [1.165, 1.54) is 0 Å². The number of nitro benzene ring substituents is 1. The van der Waals surface area contributed by atoms with Crippen LogP contribution < -0.4 is 4.74 Å². The molecule has 5 aromatic rings. The number of nitrogens with zero attached hydrogens (tertiary/aromatic N) is 6. The van der Waals surface area contributed by atoms with E-state index in [0.717, 1.165) is 39.5 Å². The average Bonchev–Trinajstić information content (AvgIpc) is 3.51. The molecule has 0 atom stereocenters. The minimum Gasteiger partial charge on any atom is -0.497 e. The Hall–Kier alpha value is -4.40. The highest BCUT2D eigenvalue weighted by molar-refractivity contribution is 5.63. The largest absolute Gasteiger partial charge is 0.497 e. The van der Waals surface area contributed by atoms with Crippen LogP contribution >= 0.6 is 0 Å². The van der Waals surface area contributed by atoms with Gasteiger partial charge in [-0.1, -0.05) is 12.1 Å². The Bertz CT molecular complexity index is 1480. The fraction of sp³-hybridized carbons (Fsp3) is 0.167. The Morgan fingerprint density at radius 2 is 1.85 bits per heavy atom. The van der Waals surface area contributed by atoms with Gasteiger partial charge in [0.2, 0.25) is 0 Å². The summed E-state index contributed by atoms with van der Waals surface area (Å²) in [5, 5.41) is 16.0. The highest BCUT2D eigenvalue weighted by atomic mass is 16.6. The van der Waals surface area contributed by atoms with Gasteiger partial charge in [0.25, 0.3) is 5.69 Å². The lowest BCUT2D eigenvalue weighted by Gasteiger charge is -2.12. The van der Waals surface area contributed by atoms with E-state index in [1.807, 2.05) is 69.6 Å². The van der Waals surface area contributed by atoms with Gasteiger partial charge < -0.3 is 4.74 Å². The number of imidazole rings is 1. The molecule has 0 unspecified atom stereocenters. The van der Waals surface area contributed by atoms with E-state index in [9.17, 15) is 10.1 Å². The molecule has 3 heterocycles. The monoisotopic (exact) mass is 442 g/mol. The maximum absolute atomic E-state index is 11.5. The lowest BCUT2D eigenvalue weighted by atomic mass is 10.1. The first-order chi connectivity index (χ1) is 15.9. The van der Waals surface area contributed by atoms with Crippen LogP contribution in [0, 0.1) is 24.0 Å². The molecule has 0 spiro atoms. The zero-order valence-corrected chi connectivity index (χ0v) is 18.5. The van der Waals surface area contributed by atoms with Crippen molar-refractivity contribution in [1.29, 1.82) is 0 Å². The van der Waals surface area contributed by atoms with Crippen LogP contribution in [-0.4, -0.2) is 36.0 Å². The number of fused-ring (bicyclic) bond motifs is 1. The topological polar surface area (TPSA) is 92.4 Å². The Morgan fingerprint density at radius 3 is 2.58 bits per heavy atom. The smallest absolute Gasteiger partial charge is 0.274 e. The molecule has 2 aromatic carbocycles. The normalized spacial score (nSPS) is 11.2. The van der Waals surface area contributed by atoms with E-state index in [-0.39, 0.29) is 10.6 Å². The van der Waals surface area contributed by atoms with E-state index < -0.39 is 0 Å². The standard InChI is InChI=1S/C24H22N6O3/c1-16-10-17(2)22(30(31)32)11-21(16)28-9-8-24-25-13-23(29(24)28)19-12-26-27(15-19)14-18-4-6-20(33-3)7-5-18/h4-13,15H,14H2,1-3H3. The van der Waals surface area contributed by atoms with E-state index in [4.69, 9.17) is 4.74 Å². The van der Waals surface area contributed by atoms with E-state index in [0.29, 0.717) is 12.1 Å². The van der Waals surface area contributed by atoms with Gasteiger partial charge in [0.1, 0.15) is 5.75 Å². The predicted molar refractivity (Wildman–Crippen MR) is 124 cm³/mol. The number of aromatic nitrogens is 5. The van der Waals surface area contributed by atoms with E-state index >= 15 is 0 Å². The molecule has 3 aromatic heterocycles. The maximum atomic E-state index is 11.5. The van der Waals surface area contributed by atoms with Gasteiger partial charge in [-0.15, -0.1) is 0 Å². The third-order valence-corrected chi connectivity index (χ3v) is 5.74. The van der Waals surface area contributed by atoms with E-state index in [2.05, 4.69) is 10.1 Å². The Balaban J connectivity index is 1.53. The summed E-state index contributed by atoms with van der Waals surface area (Å²) in [4.78, 5) is 15.7. The molecule has 5 rings (SSSR count). The summed E-state index contributed by atoms with van der Waals surface area (Å²) in [6.45, 7) is 4.32. The van der Waals surface area contributed by atoms with Crippen LogP contribution in [0.3, 0.4) is 0 Å². The molecule has 0 aliphatic heterocycles. The van der Waals surface area contributed by atoms with Crippen LogP contribution in [0.2, 0.25) is 0 Å². The summed E-state index contributed by atoms with van der Waals surface area (Å²) in [6, 6.07) is 13.2. The lowest BCUT2D eigenvalue weighted by molar-refractivity contribution is -0.385. The first-order valence-corrected chi connectivity index (χ1v) is 10.4. The van der Waals surface area contributed by atoms with Gasteiger partial charge >= 0.3 is 0 Å². The zero-order valence-electron chi connectivity index (χ0n) is 18.5. The predicted octanol–water partition coefficient (Wildman–Crippen LogP) is 4.57. The summed E-state index contributed by atoms with van der Waals surface area (Å²) in [6.07, 6.45) is 7.43. The summed E-state index contributed by atoms with van der Waals surface area (Å²) >= 11 is 0. The van der Waals surface area contributed by atoms with Crippen LogP contribution in [-0.2, 0) is 6.54 Å². The van der Waals surface area contributed by atoms with Crippen molar-refractivity contribution in [3.8, 4) is 22.7 Å². The van der Waals surface area contributed by atoms with Crippen molar-refractivity contribution in [2.24, 2.45) is 0 Å². The third kappa shape index (κ3) is 3.63. The Morgan fingerprint density at radius 1 is 1.06 bits per heavy atom. The first kappa shape index (κ1) is 20.5. The molecule has 9 heteroatoms. The molecule has 9 nitrogen and oxygen atoms in total. The molecule has 0 N–H and O–H groups in total. The molecule has 0 saturated carbocycles. The number of benzene rings is 2. The zero-order chi connectivity index (χ0) is 23.1. The number of ether oxygens (including phenoxy) is 1. The molecular formula is C24H22N6O3. The highest BCUT2D eigenvalue weighted by Gasteiger charge is 2.18. The highest BCUT2D eigenvalue weighted by Crippen LogP contribution is 2.28. The molecule has 0 radical (unpaired) electrons. The van der Waals surface area contributed by atoms with Gasteiger partial charge in [-0.05, 0) is 43.2 Å². The molecule has 0 bridgehead atoms. The van der Waals surface area contributed by atoms with Crippen molar-refractivity contribution in [3.05, 3.63) is 94.1 Å². The second-order valence-electron chi connectivity index (χ2n) is 7.93. The molecule has 166 valence electrons. The van der Waals surface area contributed by atoms with Crippen LogP contribution in [0.1, 0.15) is 16.7 Å². The van der Waals surface area contributed by atoms with Crippen LogP contribution in [0.15, 0.2) is 67.3 Å². The van der Waals surface area contributed by atoms with Crippen LogP contribution in [0.25, 0.3) is 22.6 Å². The minimum atomic E-state index is -0.350. The molecule has 0 fully saturated rings. The van der Waals surface area contributed by atoms with Crippen molar-refractivity contribution in [2.75, 3.05) is 7.11 Å². The molecule has 0 aliphatic carbocycles.